The topological polar surface area (TPSA) is 92.4 Å². The van der Waals surface area contributed by atoms with Crippen molar-refractivity contribution in [3.8, 4) is 0 Å². The van der Waals surface area contributed by atoms with Crippen molar-refractivity contribution < 1.29 is 14.9 Å². The van der Waals surface area contributed by atoms with Crippen molar-refractivity contribution in [3.63, 3.8) is 0 Å². The van der Waals surface area contributed by atoms with Gasteiger partial charge in [-0.2, -0.15) is 4.98 Å². The van der Waals surface area contributed by atoms with E-state index in [0.717, 1.165) is 11.1 Å². The molecule has 0 saturated carbocycles. The second-order valence-electron chi connectivity index (χ2n) is 7.40. The Kier molecular flexibility index (Phi) is 6.99. The van der Waals surface area contributed by atoms with E-state index in [0.29, 0.717) is 25.2 Å². The average Bonchev–Trinajstić information content (AvgIpc) is 2.90. The molecule has 0 aliphatic carbocycles. The van der Waals surface area contributed by atoms with Crippen molar-refractivity contribution in [2.24, 2.45) is 0 Å². The third kappa shape index (κ3) is 5.37. The van der Waals surface area contributed by atoms with Gasteiger partial charge in [0.1, 0.15) is 11.9 Å². The zero-order valence-electron chi connectivity index (χ0n) is 16.0. The van der Waals surface area contributed by atoms with Crippen LogP contribution in [0.4, 0.5) is 0 Å². The summed E-state index contributed by atoms with van der Waals surface area (Å²) in [5.41, 5.74) is 1.10. The largest absolute Gasteiger partial charge is 0.387 e. The molecule has 0 aliphatic rings. The highest BCUT2D eigenvalue weighted by molar-refractivity contribution is 6.28. The molecule has 3 atom stereocenters. The van der Waals surface area contributed by atoms with Crippen LogP contribution < -0.4 is 5.32 Å². The zero-order chi connectivity index (χ0) is 19.5. The number of nitrogens with one attached hydrogen (secondary N) is 1. The first-order valence-electron chi connectivity index (χ1n) is 8.91. The van der Waals surface area contributed by atoms with Crippen molar-refractivity contribution in [3.05, 3.63) is 23.2 Å². The molecule has 0 spiro atoms. The van der Waals surface area contributed by atoms with E-state index in [1.54, 1.807) is 6.20 Å². The second-order valence-corrected chi connectivity index (χ2v) is 7.74. The molecule has 3 N–H and O–H groups in total. The summed E-state index contributed by atoms with van der Waals surface area (Å²) in [5, 5.41) is 24.6. The maximum atomic E-state index is 10.3. The lowest BCUT2D eigenvalue weighted by molar-refractivity contribution is -0.110. The highest BCUT2D eigenvalue weighted by Gasteiger charge is 2.22. The smallest absolute Gasteiger partial charge is 0.224 e. The average molecular weight is 385 g/mol. The summed E-state index contributed by atoms with van der Waals surface area (Å²) in [7, 11) is 0. The Morgan fingerprint density at radius 1 is 1.35 bits per heavy atom. The first-order chi connectivity index (χ1) is 12.1. The van der Waals surface area contributed by atoms with Crippen LogP contribution in [0.15, 0.2) is 12.3 Å². The van der Waals surface area contributed by atoms with Crippen LogP contribution in [0.25, 0.3) is 11.0 Å². The standard InChI is InChI=1S/C18H29ClN4O3/c1-6-14(24)13-9-12-10-21-17(19)22-15(12)23(13)8-7-20-16(25)11(2)26-18(3,4)5/h9-11,14,16,20,24-25H,6-8H2,1-5H3. The Morgan fingerprint density at radius 3 is 2.65 bits per heavy atom. The van der Waals surface area contributed by atoms with Gasteiger partial charge in [-0.15, -0.1) is 0 Å². The van der Waals surface area contributed by atoms with Gasteiger partial charge in [0, 0.05) is 30.4 Å². The maximum Gasteiger partial charge on any atom is 0.224 e. The van der Waals surface area contributed by atoms with Crippen LogP contribution in [0.5, 0.6) is 0 Å². The summed E-state index contributed by atoms with van der Waals surface area (Å²) in [6.45, 7) is 10.6. The van der Waals surface area contributed by atoms with Gasteiger partial charge in [0.25, 0.3) is 0 Å². The minimum absolute atomic E-state index is 0.162. The van der Waals surface area contributed by atoms with Crippen molar-refractivity contribution in [1.29, 1.82) is 0 Å². The van der Waals surface area contributed by atoms with Crippen LogP contribution >= 0.6 is 11.6 Å². The van der Waals surface area contributed by atoms with Gasteiger partial charge in [0.15, 0.2) is 0 Å². The lowest BCUT2D eigenvalue weighted by Gasteiger charge is -2.28. The molecular formula is C18H29ClN4O3. The fourth-order valence-electron chi connectivity index (χ4n) is 2.87. The van der Waals surface area contributed by atoms with Gasteiger partial charge in [-0.1, -0.05) is 6.92 Å². The normalized spacial score (nSPS) is 16.0. The van der Waals surface area contributed by atoms with Gasteiger partial charge in [-0.3, -0.25) is 5.32 Å². The number of hydrogen-bond donors (Lipinski definition) is 3. The highest BCUT2D eigenvalue weighted by Crippen LogP contribution is 2.25. The zero-order valence-corrected chi connectivity index (χ0v) is 16.8. The van der Waals surface area contributed by atoms with E-state index in [9.17, 15) is 10.2 Å². The molecule has 0 fully saturated rings. The van der Waals surface area contributed by atoms with Gasteiger partial charge in [0.2, 0.25) is 5.28 Å². The number of nitrogens with zero attached hydrogens (tertiary/aromatic N) is 3. The first kappa shape index (κ1) is 21.1. The first-order valence-corrected chi connectivity index (χ1v) is 9.29. The van der Waals surface area contributed by atoms with Gasteiger partial charge in [-0.25, -0.2) is 4.98 Å². The molecule has 0 saturated heterocycles. The lowest BCUT2D eigenvalue weighted by Crippen LogP contribution is -2.44. The van der Waals surface area contributed by atoms with E-state index >= 15 is 0 Å². The third-order valence-electron chi connectivity index (χ3n) is 4.04. The molecule has 3 unspecified atom stereocenters. The van der Waals surface area contributed by atoms with Crippen molar-refractivity contribution in [2.45, 2.75) is 71.6 Å². The molecular weight excluding hydrogens is 356 g/mol. The van der Waals surface area contributed by atoms with Crippen LogP contribution in [-0.4, -0.2) is 49.2 Å². The number of aromatic nitrogens is 3. The summed E-state index contributed by atoms with van der Waals surface area (Å²) in [6.07, 6.45) is 0.484. The third-order valence-corrected chi connectivity index (χ3v) is 4.22. The highest BCUT2D eigenvalue weighted by atomic mass is 35.5. The Balaban J connectivity index is 2.11. The van der Waals surface area contributed by atoms with E-state index in [4.69, 9.17) is 16.3 Å². The second kappa shape index (κ2) is 8.63. The quantitative estimate of drug-likeness (QED) is 0.478. The number of halogens is 1. The predicted octanol–water partition coefficient (Wildman–Crippen LogP) is 2.64. The number of aliphatic hydroxyl groups excluding tert-OH is 2. The van der Waals surface area contributed by atoms with Crippen molar-refractivity contribution >= 4 is 22.6 Å². The molecule has 0 amide bonds. The van der Waals surface area contributed by atoms with Crippen LogP contribution in [0.2, 0.25) is 5.28 Å². The molecule has 7 nitrogen and oxygen atoms in total. The number of fused-ring (bicyclic) bond motifs is 1. The Bertz CT molecular complexity index is 729. The summed E-state index contributed by atoms with van der Waals surface area (Å²) < 4.78 is 7.66. The monoisotopic (exact) mass is 384 g/mol. The minimum Gasteiger partial charge on any atom is -0.387 e. The van der Waals surface area contributed by atoms with Crippen LogP contribution in [0, 0.1) is 0 Å². The maximum absolute atomic E-state index is 10.3. The van der Waals surface area contributed by atoms with E-state index in [2.05, 4.69) is 15.3 Å². The lowest BCUT2D eigenvalue weighted by atomic mass is 10.2. The molecule has 2 rings (SSSR count). The van der Waals surface area contributed by atoms with Crippen LogP contribution in [0.1, 0.15) is 52.8 Å². The molecule has 0 bridgehead atoms. The van der Waals surface area contributed by atoms with E-state index in [1.165, 1.54) is 0 Å². The molecule has 146 valence electrons. The molecule has 0 radical (unpaired) electrons. The van der Waals surface area contributed by atoms with E-state index in [1.807, 2.05) is 45.3 Å². The summed E-state index contributed by atoms with van der Waals surface area (Å²) in [5.74, 6) is 0. The number of hydrogen-bond acceptors (Lipinski definition) is 6. The van der Waals surface area contributed by atoms with Crippen LogP contribution in [0.3, 0.4) is 0 Å². The van der Waals surface area contributed by atoms with Gasteiger partial charge in [0.05, 0.1) is 17.8 Å². The molecule has 26 heavy (non-hydrogen) atoms. The number of aliphatic hydroxyl groups is 2. The molecule has 2 aromatic heterocycles. The summed E-state index contributed by atoms with van der Waals surface area (Å²) in [6, 6.07) is 1.88. The van der Waals surface area contributed by atoms with Crippen LogP contribution in [-0.2, 0) is 11.3 Å². The molecule has 2 heterocycles. The van der Waals surface area contributed by atoms with Gasteiger partial charge < -0.3 is 19.5 Å². The van der Waals surface area contributed by atoms with Gasteiger partial charge >= 0.3 is 0 Å². The Hall–Kier alpha value is -1.25. The Morgan fingerprint density at radius 2 is 2.04 bits per heavy atom. The van der Waals surface area contributed by atoms with Gasteiger partial charge in [-0.05, 0) is 51.8 Å². The Labute approximate surface area is 159 Å². The molecule has 0 aliphatic heterocycles. The molecule has 2 aromatic rings. The number of rotatable bonds is 8. The van der Waals surface area contributed by atoms with E-state index < -0.39 is 12.3 Å². The van der Waals surface area contributed by atoms with E-state index in [-0.39, 0.29) is 17.0 Å². The molecule has 8 heteroatoms. The number of ether oxygens (including phenoxy) is 1. The fraction of sp³-hybridized carbons (Fsp3) is 0.667. The minimum atomic E-state index is -0.797. The summed E-state index contributed by atoms with van der Waals surface area (Å²) in [4.78, 5) is 8.29. The summed E-state index contributed by atoms with van der Waals surface area (Å²) >= 11 is 5.93. The SMILES string of the molecule is CCC(O)c1cc2cnc(Cl)nc2n1CCNC(O)C(C)OC(C)(C)C. The predicted molar refractivity (Wildman–Crippen MR) is 102 cm³/mol. The van der Waals surface area contributed by atoms with Crippen molar-refractivity contribution in [1.82, 2.24) is 19.9 Å². The molecule has 0 aromatic carbocycles. The fourth-order valence-corrected chi connectivity index (χ4v) is 3.00. The van der Waals surface area contributed by atoms with Crippen molar-refractivity contribution in [2.75, 3.05) is 6.54 Å².